The summed E-state index contributed by atoms with van der Waals surface area (Å²) in [6.07, 6.45) is 0. The molecule has 11 rings (SSSR count). The highest BCUT2D eigenvalue weighted by molar-refractivity contribution is 6.13. The van der Waals surface area contributed by atoms with Gasteiger partial charge in [0, 0.05) is 16.9 Å². The summed E-state index contributed by atoms with van der Waals surface area (Å²) in [6.45, 7) is 0. The van der Waals surface area contributed by atoms with Gasteiger partial charge in [-0.15, -0.1) is 0 Å². The van der Waals surface area contributed by atoms with Gasteiger partial charge >= 0.3 is 0 Å². The lowest BCUT2D eigenvalue weighted by atomic mass is 9.93. The molecule has 0 aromatic heterocycles. The van der Waals surface area contributed by atoms with Crippen LogP contribution in [0, 0.1) is 0 Å². The Balaban J connectivity index is 1.06. The number of nitrogens with zero attached hydrogens (tertiary/aromatic N) is 1. The highest BCUT2D eigenvalue weighted by atomic mass is 15.1. The average Bonchev–Trinajstić information content (AvgIpc) is 3.35. The molecule has 0 fully saturated rings. The van der Waals surface area contributed by atoms with Crippen molar-refractivity contribution < 1.29 is 0 Å². The second-order valence-electron chi connectivity index (χ2n) is 15.7. The summed E-state index contributed by atoms with van der Waals surface area (Å²) in [5.41, 5.74) is 15.2. The molecule has 0 atom stereocenters. The van der Waals surface area contributed by atoms with Gasteiger partial charge in [-0.05, 0) is 125 Å². The predicted octanol–water partition coefficient (Wildman–Crippen LogP) is 17.0. The summed E-state index contributed by atoms with van der Waals surface area (Å²) in [7, 11) is 0. The molecule has 0 amide bonds. The molecule has 1 heteroatoms. The molecule has 0 aliphatic rings. The molecular formula is C60H41N. The van der Waals surface area contributed by atoms with Crippen LogP contribution >= 0.6 is 0 Å². The molecule has 0 heterocycles. The Morgan fingerprint density at radius 1 is 0.213 bits per heavy atom. The third-order valence-electron chi connectivity index (χ3n) is 12.1. The van der Waals surface area contributed by atoms with Gasteiger partial charge in [-0.2, -0.15) is 0 Å². The van der Waals surface area contributed by atoms with E-state index in [0.29, 0.717) is 0 Å². The average molecular weight is 776 g/mol. The number of fused-ring (bicyclic) bond motifs is 4. The first kappa shape index (κ1) is 36.1. The van der Waals surface area contributed by atoms with Gasteiger partial charge in [0.2, 0.25) is 0 Å². The normalized spacial score (nSPS) is 11.3. The molecule has 0 saturated carbocycles. The van der Waals surface area contributed by atoms with Gasteiger partial charge in [-0.25, -0.2) is 0 Å². The van der Waals surface area contributed by atoms with E-state index in [9.17, 15) is 0 Å². The maximum atomic E-state index is 2.43. The van der Waals surface area contributed by atoms with Crippen LogP contribution in [-0.4, -0.2) is 0 Å². The van der Waals surface area contributed by atoms with Crippen LogP contribution in [0.25, 0.3) is 88.0 Å². The Hall–Kier alpha value is -8.00. The molecule has 0 unspecified atom stereocenters. The van der Waals surface area contributed by atoms with E-state index in [4.69, 9.17) is 0 Å². The summed E-state index contributed by atoms with van der Waals surface area (Å²) in [4.78, 5) is 2.43. The van der Waals surface area contributed by atoms with E-state index in [0.717, 1.165) is 22.6 Å². The standard InChI is InChI=1S/C60H41N/c1-3-13-42(14-4-1)44-23-25-45(26-24-44)46-29-34-53(35-30-46)61(54-36-31-48(32-37-54)59-40-52-19-9-10-20-55(52)57-21-11-12-22-58(57)59)60-41-51(33-38-56(60)47-16-5-2-6-17-47)50-28-27-43-15-7-8-18-49(43)39-50/h1-41H. The Kier molecular flexibility index (Phi) is 9.26. The molecule has 0 saturated heterocycles. The van der Waals surface area contributed by atoms with E-state index >= 15 is 0 Å². The van der Waals surface area contributed by atoms with Gasteiger partial charge in [-0.1, -0.05) is 206 Å². The Morgan fingerprint density at radius 2 is 0.639 bits per heavy atom. The predicted molar refractivity (Wildman–Crippen MR) is 261 cm³/mol. The summed E-state index contributed by atoms with van der Waals surface area (Å²) in [6, 6.07) is 90.5. The molecule has 0 bridgehead atoms. The topological polar surface area (TPSA) is 3.24 Å². The number of hydrogen-bond acceptors (Lipinski definition) is 1. The highest BCUT2D eigenvalue weighted by Gasteiger charge is 2.20. The van der Waals surface area contributed by atoms with Crippen molar-refractivity contribution in [2.45, 2.75) is 0 Å². The molecule has 11 aromatic carbocycles. The van der Waals surface area contributed by atoms with Crippen LogP contribution in [0.2, 0.25) is 0 Å². The second kappa shape index (κ2) is 15.6. The Bertz CT molecular complexity index is 3310. The van der Waals surface area contributed by atoms with Crippen molar-refractivity contribution in [3.8, 4) is 55.6 Å². The van der Waals surface area contributed by atoms with Crippen molar-refractivity contribution in [3.05, 3.63) is 249 Å². The van der Waals surface area contributed by atoms with Crippen LogP contribution in [-0.2, 0) is 0 Å². The fourth-order valence-electron chi connectivity index (χ4n) is 8.93. The van der Waals surface area contributed by atoms with Crippen LogP contribution in [0.3, 0.4) is 0 Å². The van der Waals surface area contributed by atoms with Gasteiger partial charge < -0.3 is 4.90 Å². The van der Waals surface area contributed by atoms with Gasteiger partial charge in [0.25, 0.3) is 0 Å². The van der Waals surface area contributed by atoms with Crippen molar-refractivity contribution in [1.82, 2.24) is 0 Å². The zero-order chi connectivity index (χ0) is 40.5. The van der Waals surface area contributed by atoms with Crippen LogP contribution in [0.1, 0.15) is 0 Å². The smallest absolute Gasteiger partial charge is 0.0546 e. The largest absolute Gasteiger partial charge is 0.310 e. The zero-order valence-corrected chi connectivity index (χ0v) is 33.6. The van der Waals surface area contributed by atoms with Crippen LogP contribution in [0.4, 0.5) is 17.1 Å². The van der Waals surface area contributed by atoms with E-state index in [1.165, 1.54) is 82.4 Å². The monoisotopic (exact) mass is 775 g/mol. The lowest BCUT2D eigenvalue weighted by Gasteiger charge is -2.29. The molecular weight excluding hydrogens is 735 g/mol. The number of hydrogen-bond donors (Lipinski definition) is 0. The summed E-state index contributed by atoms with van der Waals surface area (Å²) in [5, 5.41) is 7.52. The Labute approximate surface area is 357 Å². The second-order valence-corrected chi connectivity index (χ2v) is 15.7. The van der Waals surface area contributed by atoms with Gasteiger partial charge in [0.05, 0.1) is 5.69 Å². The third-order valence-corrected chi connectivity index (χ3v) is 12.1. The molecule has 0 aliphatic carbocycles. The quantitative estimate of drug-likeness (QED) is 0.139. The maximum Gasteiger partial charge on any atom is 0.0546 e. The molecule has 0 aliphatic heterocycles. The maximum absolute atomic E-state index is 2.43. The van der Waals surface area contributed by atoms with Crippen molar-refractivity contribution in [2.75, 3.05) is 4.90 Å². The minimum atomic E-state index is 1.08. The first-order chi connectivity index (χ1) is 30.2. The molecule has 0 radical (unpaired) electrons. The molecule has 0 N–H and O–H groups in total. The number of rotatable bonds is 8. The minimum absolute atomic E-state index is 1.08. The van der Waals surface area contributed by atoms with Crippen LogP contribution in [0.5, 0.6) is 0 Å². The summed E-state index contributed by atoms with van der Waals surface area (Å²) < 4.78 is 0. The lowest BCUT2D eigenvalue weighted by molar-refractivity contribution is 1.28. The van der Waals surface area contributed by atoms with Crippen molar-refractivity contribution >= 4 is 49.4 Å². The van der Waals surface area contributed by atoms with Crippen molar-refractivity contribution in [1.29, 1.82) is 0 Å². The van der Waals surface area contributed by atoms with Gasteiger partial charge in [0.15, 0.2) is 0 Å². The van der Waals surface area contributed by atoms with E-state index in [1.807, 2.05) is 0 Å². The van der Waals surface area contributed by atoms with E-state index < -0.39 is 0 Å². The zero-order valence-electron chi connectivity index (χ0n) is 33.6. The first-order valence-corrected chi connectivity index (χ1v) is 21.0. The van der Waals surface area contributed by atoms with E-state index in [1.54, 1.807) is 0 Å². The molecule has 1 nitrogen and oxygen atoms in total. The van der Waals surface area contributed by atoms with Crippen molar-refractivity contribution in [2.24, 2.45) is 0 Å². The fraction of sp³-hybridized carbons (Fsp3) is 0. The molecule has 61 heavy (non-hydrogen) atoms. The van der Waals surface area contributed by atoms with E-state index in [-0.39, 0.29) is 0 Å². The first-order valence-electron chi connectivity index (χ1n) is 21.0. The van der Waals surface area contributed by atoms with Crippen LogP contribution in [0.15, 0.2) is 249 Å². The van der Waals surface area contributed by atoms with Gasteiger partial charge in [-0.3, -0.25) is 0 Å². The summed E-state index contributed by atoms with van der Waals surface area (Å²) >= 11 is 0. The fourth-order valence-corrected chi connectivity index (χ4v) is 8.93. The SMILES string of the molecule is c1ccc(-c2ccc(-c3ccc(N(c4ccc(-c5cc6ccccc6c6ccccc56)cc4)c4cc(-c5ccc6ccccc6c5)ccc4-c4ccccc4)cc3)cc2)cc1. The Morgan fingerprint density at radius 3 is 1.30 bits per heavy atom. The lowest BCUT2D eigenvalue weighted by Crippen LogP contribution is -2.11. The highest BCUT2D eigenvalue weighted by Crippen LogP contribution is 2.45. The molecule has 286 valence electrons. The molecule has 11 aromatic rings. The molecule has 0 spiro atoms. The van der Waals surface area contributed by atoms with Gasteiger partial charge in [0.1, 0.15) is 0 Å². The third kappa shape index (κ3) is 6.93. The number of benzene rings is 11. The van der Waals surface area contributed by atoms with E-state index in [2.05, 4.69) is 254 Å². The number of anilines is 3. The summed E-state index contributed by atoms with van der Waals surface area (Å²) in [5.74, 6) is 0. The van der Waals surface area contributed by atoms with Crippen LogP contribution < -0.4 is 4.90 Å². The minimum Gasteiger partial charge on any atom is -0.310 e. The van der Waals surface area contributed by atoms with Crippen molar-refractivity contribution in [3.63, 3.8) is 0 Å².